The van der Waals surface area contributed by atoms with Gasteiger partial charge in [-0.25, -0.2) is 0 Å². The Hall–Kier alpha value is 0.447. The van der Waals surface area contributed by atoms with Gasteiger partial charge < -0.3 is 4.41 Å². The first-order valence-corrected chi connectivity index (χ1v) is 10.5. The van der Waals surface area contributed by atoms with Crippen molar-refractivity contribution in [2.45, 2.75) is 32.5 Å². The fourth-order valence-electron chi connectivity index (χ4n) is 1.84. The van der Waals surface area contributed by atoms with E-state index >= 15 is 0 Å². The third-order valence-corrected chi connectivity index (χ3v) is 8.96. The lowest BCUT2D eigenvalue weighted by atomic mass is 10.4. The van der Waals surface area contributed by atoms with Gasteiger partial charge in [-0.2, -0.15) is 0 Å². The van der Waals surface area contributed by atoms with Gasteiger partial charge in [-0.1, -0.05) is 19.6 Å². The van der Waals surface area contributed by atoms with Gasteiger partial charge in [0.1, 0.15) is 0 Å². The number of hydrogen-bond acceptors (Lipinski definition) is 1. The van der Waals surface area contributed by atoms with Crippen LogP contribution in [-0.2, 0) is 0 Å². The average Bonchev–Trinajstić information content (AvgIpc) is 2.09. The Balaban J connectivity index is 2.78. The lowest BCUT2D eigenvalue weighted by molar-refractivity contribution is 0.949. The monoisotopic (exact) mass is 189 g/mol. The van der Waals surface area contributed by atoms with E-state index in [4.69, 9.17) is 4.41 Å². The summed E-state index contributed by atoms with van der Waals surface area (Å²) in [4.78, 5) is 0. The van der Waals surface area contributed by atoms with Crippen LogP contribution in [0.5, 0.6) is 0 Å². The van der Waals surface area contributed by atoms with Crippen LogP contribution in [-0.4, -0.2) is 27.2 Å². The maximum atomic E-state index is 5.09. The Morgan fingerprint density at radius 3 is 1.91 bits per heavy atom. The van der Waals surface area contributed by atoms with Crippen LogP contribution in [0.1, 0.15) is 12.8 Å². The molecule has 0 aromatic heterocycles. The van der Waals surface area contributed by atoms with Crippen molar-refractivity contribution in [3.63, 3.8) is 0 Å². The van der Waals surface area contributed by atoms with Crippen molar-refractivity contribution in [3.05, 3.63) is 0 Å². The van der Waals surface area contributed by atoms with Crippen molar-refractivity contribution >= 4 is 15.3 Å². The van der Waals surface area contributed by atoms with Gasteiger partial charge in [0, 0.05) is 0 Å². The molecule has 11 heavy (non-hydrogen) atoms. The molecule has 0 unspecified atom stereocenters. The first kappa shape index (κ1) is 9.53. The molecular formula is C8H20NPSi. The Kier molecular flexibility index (Phi) is 2.65. The zero-order chi connectivity index (χ0) is 8.54. The Morgan fingerprint density at radius 2 is 1.55 bits per heavy atom. The highest BCUT2D eigenvalue weighted by Gasteiger charge is 2.22. The molecule has 0 aromatic rings. The lowest BCUT2D eigenvalue weighted by Gasteiger charge is -2.19. The van der Waals surface area contributed by atoms with Gasteiger partial charge in [-0.15, -0.1) is 0 Å². The maximum absolute atomic E-state index is 5.09. The van der Waals surface area contributed by atoms with Crippen LogP contribution in [0.4, 0.5) is 0 Å². The van der Waals surface area contributed by atoms with E-state index in [9.17, 15) is 0 Å². The molecule has 3 heteroatoms. The molecule has 1 nitrogen and oxygen atoms in total. The first-order chi connectivity index (χ1) is 4.91. The van der Waals surface area contributed by atoms with Gasteiger partial charge in [-0.3, -0.25) is 0 Å². The van der Waals surface area contributed by atoms with E-state index < -0.39 is 15.3 Å². The van der Waals surface area contributed by atoms with Crippen LogP contribution in [0, 0.1) is 0 Å². The zero-order valence-electron chi connectivity index (χ0n) is 8.22. The van der Waals surface area contributed by atoms with Gasteiger partial charge in [0.25, 0.3) is 0 Å². The van der Waals surface area contributed by atoms with E-state index in [1.807, 2.05) is 0 Å². The van der Waals surface area contributed by atoms with Gasteiger partial charge in [0.2, 0.25) is 0 Å². The van der Waals surface area contributed by atoms with Crippen molar-refractivity contribution < 1.29 is 0 Å². The summed E-state index contributed by atoms with van der Waals surface area (Å²) in [5.74, 6) is 0. The quantitative estimate of drug-likeness (QED) is 0.442. The summed E-state index contributed by atoms with van der Waals surface area (Å²) < 4.78 is 5.09. The second kappa shape index (κ2) is 3.06. The van der Waals surface area contributed by atoms with Crippen LogP contribution in [0.2, 0.25) is 19.6 Å². The summed E-state index contributed by atoms with van der Waals surface area (Å²) in [6, 6.07) is 0. The van der Waals surface area contributed by atoms with Gasteiger partial charge in [0.05, 0.1) is 0 Å². The highest BCUT2D eigenvalue weighted by molar-refractivity contribution is 7.66. The topological polar surface area (TPSA) is 12.4 Å². The molecule has 1 aliphatic rings. The third-order valence-electron chi connectivity index (χ3n) is 2.07. The lowest BCUT2D eigenvalue weighted by Crippen LogP contribution is -2.16. The van der Waals surface area contributed by atoms with E-state index in [1.54, 1.807) is 0 Å². The maximum Gasteiger partial charge on any atom is 0.170 e. The van der Waals surface area contributed by atoms with E-state index in [-0.39, 0.29) is 0 Å². The summed E-state index contributed by atoms with van der Waals surface area (Å²) in [5.41, 5.74) is 0. The summed E-state index contributed by atoms with van der Waals surface area (Å²) in [5, 5.41) is 0. The van der Waals surface area contributed by atoms with E-state index in [0.29, 0.717) is 0 Å². The molecule has 0 radical (unpaired) electrons. The molecule has 66 valence electrons. The second-order valence-corrected chi connectivity index (χ2v) is 13.5. The third kappa shape index (κ3) is 3.12. The predicted molar refractivity (Wildman–Crippen MR) is 57.6 cm³/mol. The highest BCUT2D eigenvalue weighted by atomic mass is 31.2. The van der Waals surface area contributed by atoms with Crippen LogP contribution >= 0.6 is 7.05 Å². The van der Waals surface area contributed by atoms with Crippen LogP contribution in [0.3, 0.4) is 0 Å². The van der Waals surface area contributed by atoms with Gasteiger partial charge in [-0.05, 0) is 38.9 Å². The Morgan fingerprint density at radius 1 is 1.09 bits per heavy atom. The smallest absolute Gasteiger partial charge is 0.170 e. The number of nitrogens with zero attached hydrogens (tertiary/aromatic N) is 1. The fraction of sp³-hybridized carbons (Fsp3) is 1.00. The van der Waals surface area contributed by atoms with Crippen molar-refractivity contribution in [1.29, 1.82) is 0 Å². The van der Waals surface area contributed by atoms with E-state index in [2.05, 4.69) is 26.3 Å². The number of rotatable bonds is 1. The standard InChI is InChI=1S/C8H20NPSi/c1-10(7-5-6-8-10)9-11(2,3)4/h5-8H2,1-4H3. The van der Waals surface area contributed by atoms with Crippen molar-refractivity contribution in [1.82, 2.24) is 0 Å². The van der Waals surface area contributed by atoms with E-state index in [0.717, 1.165) is 0 Å². The first-order valence-electron chi connectivity index (χ1n) is 4.50. The van der Waals surface area contributed by atoms with Gasteiger partial charge >= 0.3 is 0 Å². The fourth-order valence-corrected chi connectivity index (χ4v) is 10.5. The molecule has 1 rings (SSSR count). The van der Waals surface area contributed by atoms with Crippen molar-refractivity contribution in [2.75, 3.05) is 19.0 Å². The predicted octanol–water partition coefficient (Wildman–Crippen LogP) is 3.45. The normalized spacial score (nSPS) is 23.6. The Bertz CT molecular complexity index is 183. The highest BCUT2D eigenvalue weighted by Crippen LogP contribution is 2.53. The number of hydrogen-bond donors (Lipinski definition) is 0. The SMILES string of the molecule is C[Si](C)(C)N=P1(C)CCCC1. The van der Waals surface area contributed by atoms with Crippen molar-refractivity contribution in [3.8, 4) is 0 Å². The molecule has 0 spiro atoms. The zero-order valence-corrected chi connectivity index (χ0v) is 10.1. The van der Waals surface area contributed by atoms with Gasteiger partial charge in [0.15, 0.2) is 8.24 Å². The summed E-state index contributed by atoms with van der Waals surface area (Å²) in [6.45, 7) is 9.52. The summed E-state index contributed by atoms with van der Waals surface area (Å²) in [6.07, 6.45) is 5.77. The minimum Gasteiger partial charge on any atom is -0.338 e. The molecule has 0 bridgehead atoms. The van der Waals surface area contributed by atoms with Crippen molar-refractivity contribution in [2.24, 2.45) is 4.41 Å². The van der Waals surface area contributed by atoms with Crippen LogP contribution < -0.4 is 0 Å². The Labute approximate surface area is 71.7 Å². The molecule has 0 atom stereocenters. The largest absolute Gasteiger partial charge is 0.338 e. The summed E-state index contributed by atoms with van der Waals surface area (Å²) in [7, 11) is -1.88. The molecule has 1 saturated heterocycles. The van der Waals surface area contributed by atoms with Crippen LogP contribution in [0.25, 0.3) is 0 Å². The van der Waals surface area contributed by atoms with Crippen LogP contribution in [0.15, 0.2) is 4.41 Å². The minimum absolute atomic E-state index is 0.755. The minimum atomic E-state index is -1.12. The molecule has 1 aliphatic heterocycles. The molecule has 0 amide bonds. The molecular weight excluding hydrogens is 169 g/mol. The molecule has 1 heterocycles. The molecule has 0 aromatic carbocycles. The molecule has 0 N–H and O–H groups in total. The second-order valence-electron chi connectivity index (χ2n) is 4.76. The molecule has 0 aliphatic carbocycles. The summed E-state index contributed by atoms with van der Waals surface area (Å²) >= 11 is 0. The molecule has 0 saturated carbocycles. The molecule has 1 fully saturated rings. The average molecular weight is 189 g/mol. The van der Waals surface area contributed by atoms with E-state index in [1.165, 1.54) is 25.2 Å².